The van der Waals surface area contributed by atoms with Crippen molar-refractivity contribution >= 4 is 11.9 Å². The van der Waals surface area contributed by atoms with Gasteiger partial charge in [0.25, 0.3) is 0 Å². The molecule has 0 spiro atoms. The van der Waals surface area contributed by atoms with Crippen LogP contribution in [0.4, 0.5) is 0 Å². The quantitative estimate of drug-likeness (QED) is 0.0320. The van der Waals surface area contributed by atoms with Crippen molar-refractivity contribution in [2.75, 3.05) is 13.2 Å². The fraction of sp³-hybridized carbons (Fsp3) is 0.910. The maximum absolute atomic E-state index is 12.5. The third-order valence-corrected chi connectivity index (χ3v) is 15.5. The number of hydrogen-bond donors (Lipinski definition) is 3. The van der Waals surface area contributed by atoms with Crippen LogP contribution in [0.1, 0.15) is 367 Å². The minimum Gasteiger partial charge on any atom is -0.466 e. The molecule has 0 bridgehead atoms. The first-order valence-electron chi connectivity index (χ1n) is 33.1. The van der Waals surface area contributed by atoms with E-state index in [0.717, 1.165) is 44.9 Å². The van der Waals surface area contributed by atoms with Crippen molar-refractivity contribution in [3.05, 3.63) is 24.3 Å². The van der Waals surface area contributed by atoms with Crippen LogP contribution in [0.15, 0.2) is 24.3 Å². The van der Waals surface area contributed by atoms with E-state index in [1.807, 2.05) is 0 Å². The van der Waals surface area contributed by atoms with Crippen molar-refractivity contribution in [3.63, 3.8) is 0 Å². The number of aliphatic hydroxyl groups excluding tert-OH is 2. The van der Waals surface area contributed by atoms with E-state index in [9.17, 15) is 19.8 Å². The van der Waals surface area contributed by atoms with Gasteiger partial charge in [-0.15, -0.1) is 0 Å². The lowest BCUT2D eigenvalue weighted by Crippen LogP contribution is -2.45. The number of unbranched alkanes of at least 4 members (excludes halogenated alkanes) is 47. The SMILES string of the molecule is CCCC/C=C\CCCCCCCC(=O)OCCCCCCCCCCCCCC/C=C\CCCCCCCCCCCCCCCCCCCC(=O)NC(CO)C(O)CCCCCCCCCCCCCC. The van der Waals surface area contributed by atoms with E-state index in [0.29, 0.717) is 25.9 Å². The van der Waals surface area contributed by atoms with Crippen molar-refractivity contribution < 1.29 is 24.5 Å². The summed E-state index contributed by atoms with van der Waals surface area (Å²) in [4.78, 5) is 24.5. The Morgan fingerprint density at radius 1 is 0.370 bits per heavy atom. The largest absolute Gasteiger partial charge is 0.466 e. The number of esters is 1. The van der Waals surface area contributed by atoms with Gasteiger partial charge in [-0.3, -0.25) is 9.59 Å². The normalized spacial score (nSPS) is 12.7. The Labute approximate surface area is 456 Å². The summed E-state index contributed by atoms with van der Waals surface area (Å²) in [6, 6.07) is -0.537. The van der Waals surface area contributed by atoms with Crippen molar-refractivity contribution in [3.8, 4) is 0 Å². The third-order valence-electron chi connectivity index (χ3n) is 15.5. The second-order valence-electron chi connectivity index (χ2n) is 22.8. The number of carbonyl (C=O) groups is 2. The molecule has 0 saturated carbocycles. The first-order valence-corrected chi connectivity index (χ1v) is 33.1. The Morgan fingerprint density at radius 3 is 1.01 bits per heavy atom. The highest BCUT2D eigenvalue weighted by Gasteiger charge is 2.20. The van der Waals surface area contributed by atoms with Gasteiger partial charge in [-0.2, -0.15) is 0 Å². The molecule has 6 heteroatoms. The van der Waals surface area contributed by atoms with Crippen LogP contribution in [0.5, 0.6) is 0 Å². The van der Waals surface area contributed by atoms with E-state index in [1.165, 1.54) is 289 Å². The highest BCUT2D eigenvalue weighted by atomic mass is 16.5. The van der Waals surface area contributed by atoms with E-state index >= 15 is 0 Å². The standard InChI is InChI=1S/C67H129NO5/c1-3-5-7-9-11-13-15-40-43-47-51-55-59-65(70)64(63-69)68-66(71)60-56-52-48-44-41-37-35-33-31-29-27-25-23-21-19-17-16-18-20-22-24-26-28-30-32-34-36-38-42-46-50-54-58-62-73-67(72)61-57-53-49-45-39-14-12-10-8-6-4-2/h10,12,20,22,64-65,69-70H,3-9,11,13-19,21,23-63H2,1-2H3,(H,68,71)/b12-10-,22-20-. The van der Waals surface area contributed by atoms with E-state index in [4.69, 9.17) is 4.74 Å². The van der Waals surface area contributed by atoms with Crippen molar-refractivity contribution in [2.45, 2.75) is 379 Å². The van der Waals surface area contributed by atoms with Crippen LogP contribution >= 0.6 is 0 Å². The molecule has 6 nitrogen and oxygen atoms in total. The average molecular weight is 1030 g/mol. The third kappa shape index (κ3) is 59.4. The van der Waals surface area contributed by atoms with Gasteiger partial charge in [0.2, 0.25) is 5.91 Å². The lowest BCUT2D eigenvalue weighted by molar-refractivity contribution is -0.143. The minimum atomic E-state index is -0.660. The molecule has 1 amide bonds. The maximum Gasteiger partial charge on any atom is 0.305 e. The minimum absolute atomic E-state index is 0.00777. The molecule has 0 fully saturated rings. The van der Waals surface area contributed by atoms with Crippen LogP contribution in [0.25, 0.3) is 0 Å². The van der Waals surface area contributed by atoms with E-state index in [2.05, 4.69) is 43.5 Å². The smallest absolute Gasteiger partial charge is 0.305 e. The van der Waals surface area contributed by atoms with Crippen LogP contribution in [-0.2, 0) is 14.3 Å². The summed E-state index contributed by atoms with van der Waals surface area (Å²) in [5.74, 6) is -0.0229. The molecule has 0 rings (SSSR count). The first-order chi connectivity index (χ1) is 36.0. The van der Waals surface area contributed by atoms with Gasteiger partial charge >= 0.3 is 5.97 Å². The Balaban J connectivity index is 3.33. The summed E-state index contributed by atoms with van der Waals surface area (Å²) in [6.45, 7) is 4.93. The second kappa shape index (κ2) is 62.9. The highest BCUT2D eigenvalue weighted by molar-refractivity contribution is 5.76. The van der Waals surface area contributed by atoms with Crippen LogP contribution < -0.4 is 5.32 Å². The van der Waals surface area contributed by atoms with Crippen LogP contribution in [0.2, 0.25) is 0 Å². The lowest BCUT2D eigenvalue weighted by atomic mass is 10.0. The zero-order chi connectivity index (χ0) is 52.9. The monoisotopic (exact) mass is 1030 g/mol. The molecule has 0 aliphatic carbocycles. The van der Waals surface area contributed by atoms with Crippen LogP contribution in [-0.4, -0.2) is 47.4 Å². The lowest BCUT2D eigenvalue weighted by Gasteiger charge is -2.22. The van der Waals surface area contributed by atoms with E-state index in [1.54, 1.807) is 0 Å². The molecule has 0 aromatic carbocycles. The number of hydrogen-bond acceptors (Lipinski definition) is 5. The number of aliphatic hydroxyl groups is 2. The Kier molecular flexibility index (Phi) is 61.4. The van der Waals surface area contributed by atoms with Crippen LogP contribution in [0, 0.1) is 0 Å². The summed E-state index contributed by atoms with van der Waals surface area (Å²) in [5.41, 5.74) is 0. The molecule has 3 N–H and O–H groups in total. The summed E-state index contributed by atoms with van der Waals surface area (Å²) in [7, 11) is 0. The van der Waals surface area contributed by atoms with Gasteiger partial charge in [0.1, 0.15) is 0 Å². The van der Waals surface area contributed by atoms with Crippen LogP contribution in [0.3, 0.4) is 0 Å². The Hall–Kier alpha value is -1.66. The summed E-state index contributed by atoms with van der Waals surface area (Å²) >= 11 is 0. The van der Waals surface area contributed by atoms with E-state index in [-0.39, 0.29) is 18.5 Å². The number of rotatable bonds is 62. The molecule has 2 atom stereocenters. The zero-order valence-corrected chi connectivity index (χ0v) is 49.4. The molecule has 0 aliphatic heterocycles. The second-order valence-corrected chi connectivity index (χ2v) is 22.8. The maximum atomic E-state index is 12.5. The van der Waals surface area contributed by atoms with Gasteiger partial charge in [-0.1, -0.05) is 308 Å². The molecular weight excluding hydrogens is 899 g/mol. The van der Waals surface area contributed by atoms with Gasteiger partial charge < -0.3 is 20.3 Å². The fourth-order valence-corrected chi connectivity index (χ4v) is 10.4. The van der Waals surface area contributed by atoms with E-state index < -0.39 is 12.1 Å². The number of ether oxygens (including phenoxy) is 1. The molecular formula is C67H129NO5. The van der Waals surface area contributed by atoms with Gasteiger partial charge in [-0.05, 0) is 70.6 Å². The topological polar surface area (TPSA) is 95.9 Å². The molecule has 2 unspecified atom stereocenters. The van der Waals surface area contributed by atoms with Gasteiger partial charge in [-0.25, -0.2) is 0 Å². The molecule has 0 aromatic rings. The van der Waals surface area contributed by atoms with Crippen molar-refractivity contribution in [1.82, 2.24) is 5.32 Å². The zero-order valence-electron chi connectivity index (χ0n) is 49.4. The molecule has 432 valence electrons. The number of nitrogens with one attached hydrogen (secondary N) is 1. The molecule has 0 aliphatic rings. The molecule has 0 saturated heterocycles. The fourth-order valence-electron chi connectivity index (χ4n) is 10.4. The molecule has 73 heavy (non-hydrogen) atoms. The molecule has 0 radical (unpaired) electrons. The predicted octanol–water partition coefficient (Wildman–Crippen LogP) is 21.0. The van der Waals surface area contributed by atoms with Crippen molar-refractivity contribution in [1.29, 1.82) is 0 Å². The average Bonchev–Trinajstić information content (AvgIpc) is 3.39. The van der Waals surface area contributed by atoms with Crippen molar-refractivity contribution in [2.24, 2.45) is 0 Å². The summed E-state index contributed by atoms with van der Waals surface area (Å²) < 4.78 is 5.46. The highest BCUT2D eigenvalue weighted by Crippen LogP contribution is 2.18. The Morgan fingerprint density at radius 2 is 0.658 bits per heavy atom. The molecule has 0 heterocycles. The summed E-state index contributed by atoms with van der Waals surface area (Å²) in [6.07, 6.45) is 78.0. The predicted molar refractivity (Wildman–Crippen MR) is 320 cm³/mol. The molecule has 0 aromatic heterocycles. The Bertz CT molecular complexity index is 1140. The number of carbonyl (C=O) groups excluding carboxylic acids is 2. The van der Waals surface area contributed by atoms with Gasteiger partial charge in [0.15, 0.2) is 0 Å². The first kappa shape index (κ1) is 71.3. The number of amides is 1. The van der Waals surface area contributed by atoms with Gasteiger partial charge in [0, 0.05) is 12.8 Å². The number of allylic oxidation sites excluding steroid dienone is 4. The summed E-state index contributed by atoms with van der Waals surface area (Å²) in [5, 5.41) is 23.2. The van der Waals surface area contributed by atoms with Gasteiger partial charge in [0.05, 0.1) is 25.4 Å².